The molecule has 1 aromatic carbocycles. The fourth-order valence-electron chi connectivity index (χ4n) is 2.53. The van der Waals surface area contributed by atoms with Crippen LogP contribution in [0, 0.1) is 18.3 Å². The molecular weight excluding hydrogens is 342 g/mol. The van der Waals surface area contributed by atoms with Crippen LogP contribution in [-0.2, 0) is 10.0 Å². The predicted molar refractivity (Wildman–Crippen MR) is 93.3 cm³/mol. The first-order chi connectivity index (χ1) is 11.8. The van der Waals surface area contributed by atoms with E-state index in [0.717, 1.165) is 17.2 Å². The Kier molecular flexibility index (Phi) is 4.06. The second-order valence-corrected chi connectivity index (χ2v) is 7.21. The fourth-order valence-corrected chi connectivity index (χ4v) is 3.07. The highest BCUT2D eigenvalue weighted by atomic mass is 32.2. The average Bonchev–Trinajstić information content (AvgIpc) is 2.95. The standard InChI is InChI=1S/C16H15N5O3S/c1-10-7-14(19-15-12(10)5-4-6-13(15)24-2)21-16(20-25(3,22)23)11(8-17)9-18-21/h4-7,9,20H,1-3H3. The van der Waals surface area contributed by atoms with Crippen LogP contribution < -0.4 is 9.46 Å². The van der Waals surface area contributed by atoms with Crippen LogP contribution in [0.2, 0.25) is 0 Å². The molecule has 0 bridgehead atoms. The number of rotatable bonds is 4. The van der Waals surface area contributed by atoms with Gasteiger partial charge < -0.3 is 4.74 Å². The van der Waals surface area contributed by atoms with Crippen LogP contribution >= 0.6 is 0 Å². The van der Waals surface area contributed by atoms with Crippen LogP contribution in [0.25, 0.3) is 16.7 Å². The van der Waals surface area contributed by atoms with Crippen LogP contribution in [0.5, 0.6) is 5.75 Å². The van der Waals surface area contributed by atoms with E-state index in [9.17, 15) is 13.7 Å². The van der Waals surface area contributed by atoms with Gasteiger partial charge in [-0.25, -0.2) is 13.4 Å². The third-order valence-corrected chi connectivity index (χ3v) is 4.17. The topological polar surface area (TPSA) is 110 Å². The van der Waals surface area contributed by atoms with Gasteiger partial charge in [0.15, 0.2) is 11.6 Å². The second kappa shape index (κ2) is 6.07. The lowest BCUT2D eigenvalue weighted by Gasteiger charge is -2.12. The Labute approximate surface area is 144 Å². The number of nitrogens with one attached hydrogen (secondary N) is 1. The van der Waals surface area contributed by atoms with Crippen LogP contribution in [0.1, 0.15) is 11.1 Å². The number of hydrogen-bond acceptors (Lipinski definition) is 6. The molecule has 3 aromatic rings. The van der Waals surface area contributed by atoms with Gasteiger partial charge >= 0.3 is 0 Å². The van der Waals surface area contributed by atoms with Gasteiger partial charge in [0.1, 0.15) is 22.9 Å². The Hall–Kier alpha value is -3.12. The van der Waals surface area contributed by atoms with Gasteiger partial charge in [-0.2, -0.15) is 15.0 Å². The maximum Gasteiger partial charge on any atom is 0.231 e. The molecule has 0 spiro atoms. The largest absolute Gasteiger partial charge is 0.494 e. The van der Waals surface area contributed by atoms with Gasteiger partial charge in [0, 0.05) is 5.39 Å². The first-order valence-electron chi connectivity index (χ1n) is 7.24. The Balaban J connectivity index is 2.27. The molecule has 2 aromatic heterocycles. The zero-order valence-corrected chi connectivity index (χ0v) is 14.6. The number of fused-ring (bicyclic) bond motifs is 1. The number of aromatic nitrogens is 3. The number of benzene rings is 1. The van der Waals surface area contributed by atoms with Gasteiger partial charge in [-0.05, 0) is 24.6 Å². The number of para-hydroxylation sites is 1. The zero-order chi connectivity index (χ0) is 18.2. The smallest absolute Gasteiger partial charge is 0.231 e. The molecule has 8 nitrogen and oxygen atoms in total. The quantitative estimate of drug-likeness (QED) is 0.764. The molecule has 3 rings (SSSR count). The predicted octanol–water partition coefficient (Wildman–Crippen LogP) is 1.98. The Morgan fingerprint density at radius 2 is 2.12 bits per heavy atom. The summed E-state index contributed by atoms with van der Waals surface area (Å²) in [5.41, 5.74) is 1.64. The first-order valence-corrected chi connectivity index (χ1v) is 9.14. The van der Waals surface area contributed by atoms with E-state index in [1.807, 2.05) is 25.1 Å². The molecule has 9 heteroatoms. The molecule has 0 aliphatic heterocycles. The van der Waals surface area contributed by atoms with E-state index >= 15 is 0 Å². The second-order valence-electron chi connectivity index (χ2n) is 5.46. The zero-order valence-electron chi connectivity index (χ0n) is 13.8. The summed E-state index contributed by atoms with van der Waals surface area (Å²) in [6.07, 6.45) is 2.30. The van der Waals surface area contributed by atoms with Crippen molar-refractivity contribution in [1.82, 2.24) is 14.8 Å². The molecule has 0 aliphatic carbocycles. The number of sulfonamides is 1. The van der Waals surface area contributed by atoms with Crippen LogP contribution in [0.3, 0.4) is 0 Å². The Morgan fingerprint density at radius 1 is 1.36 bits per heavy atom. The van der Waals surface area contributed by atoms with E-state index in [4.69, 9.17) is 4.74 Å². The van der Waals surface area contributed by atoms with Crippen molar-refractivity contribution in [2.24, 2.45) is 0 Å². The molecule has 0 saturated heterocycles. The Bertz CT molecular complexity index is 1110. The third-order valence-electron chi connectivity index (χ3n) is 3.60. The molecule has 0 radical (unpaired) electrons. The summed E-state index contributed by atoms with van der Waals surface area (Å²) in [5, 5.41) is 14.2. The summed E-state index contributed by atoms with van der Waals surface area (Å²) < 4.78 is 32.2. The van der Waals surface area contributed by atoms with Gasteiger partial charge in [-0.15, -0.1) is 0 Å². The van der Waals surface area contributed by atoms with Gasteiger partial charge in [-0.1, -0.05) is 12.1 Å². The first kappa shape index (κ1) is 16.7. The number of hydrogen-bond donors (Lipinski definition) is 1. The molecule has 0 aliphatic rings. The summed E-state index contributed by atoms with van der Waals surface area (Å²) in [7, 11) is -2.04. The van der Waals surface area contributed by atoms with E-state index in [-0.39, 0.29) is 11.4 Å². The highest BCUT2D eigenvalue weighted by molar-refractivity contribution is 7.92. The minimum Gasteiger partial charge on any atom is -0.494 e. The van der Waals surface area contributed by atoms with Crippen molar-refractivity contribution in [2.75, 3.05) is 18.1 Å². The number of methoxy groups -OCH3 is 1. The number of anilines is 1. The van der Waals surface area contributed by atoms with Crippen molar-refractivity contribution in [3.63, 3.8) is 0 Å². The molecule has 0 amide bonds. The molecule has 128 valence electrons. The van der Waals surface area contributed by atoms with Crippen LogP contribution in [0.4, 0.5) is 5.82 Å². The summed E-state index contributed by atoms with van der Waals surface area (Å²) in [5.74, 6) is 1.01. The minimum atomic E-state index is -3.59. The average molecular weight is 357 g/mol. The lowest BCUT2D eigenvalue weighted by molar-refractivity contribution is 0.419. The van der Waals surface area contributed by atoms with E-state index in [1.54, 1.807) is 19.2 Å². The summed E-state index contributed by atoms with van der Waals surface area (Å²) in [6.45, 7) is 1.91. The number of nitrogens with zero attached hydrogens (tertiary/aromatic N) is 4. The lowest BCUT2D eigenvalue weighted by atomic mass is 10.1. The number of nitriles is 1. The van der Waals surface area contributed by atoms with Crippen LogP contribution in [0.15, 0.2) is 30.5 Å². The summed E-state index contributed by atoms with van der Waals surface area (Å²) in [4.78, 5) is 4.55. The number of aryl methyl sites for hydroxylation is 1. The maximum absolute atomic E-state index is 11.6. The highest BCUT2D eigenvalue weighted by Gasteiger charge is 2.18. The number of ether oxygens (including phenoxy) is 1. The van der Waals surface area contributed by atoms with Crippen molar-refractivity contribution in [3.05, 3.63) is 41.6 Å². The van der Waals surface area contributed by atoms with E-state index < -0.39 is 10.0 Å². The normalized spacial score (nSPS) is 11.3. The van der Waals surface area contributed by atoms with Crippen molar-refractivity contribution in [3.8, 4) is 17.6 Å². The molecule has 25 heavy (non-hydrogen) atoms. The summed E-state index contributed by atoms with van der Waals surface area (Å²) in [6, 6.07) is 9.27. The molecule has 1 N–H and O–H groups in total. The number of pyridine rings is 1. The van der Waals surface area contributed by atoms with E-state index in [2.05, 4.69) is 14.8 Å². The fraction of sp³-hybridized carbons (Fsp3) is 0.188. The van der Waals surface area contributed by atoms with Gasteiger partial charge in [0.25, 0.3) is 0 Å². The van der Waals surface area contributed by atoms with E-state index in [0.29, 0.717) is 17.1 Å². The van der Waals surface area contributed by atoms with E-state index in [1.165, 1.54) is 10.9 Å². The molecular formula is C16H15N5O3S. The molecule has 0 unspecified atom stereocenters. The minimum absolute atomic E-state index is 0.0474. The van der Waals surface area contributed by atoms with Gasteiger partial charge in [0.05, 0.1) is 19.6 Å². The molecule has 0 fully saturated rings. The third kappa shape index (κ3) is 3.12. The van der Waals surface area contributed by atoms with Gasteiger partial charge in [0.2, 0.25) is 10.0 Å². The SMILES string of the molecule is COc1cccc2c(C)cc(-n3ncc(C#N)c3NS(C)(=O)=O)nc12. The van der Waals surface area contributed by atoms with Crippen molar-refractivity contribution in [1.29, 1.82) is 5.26 Å². The van der Waals surface area contributed by atoms with Gasteiger partial charge in [-0.3, -0.25) is 4.72 Å². The lowest BCUT2D eigenvalue weighted by Crippen LogP contribution is -2.15. The van der Waals surface area contributed by atoms with Crippen molar-refractivity contribution < 1.29 is 13.2 Å². The monoisotopic (exact) mass is 357 g/mol. The highest BCUT2D eigenvalue weighted by Crippen LogP contribution is 2.29. The molecule has 2 heterocycles. The van der Waals surface area contributed by atoms with Crippen molar-refractivity contribution in [2.45, 2.75) is 6.92 Å². The Morgan fingerprint density at radius 3 is 2.76 bits per heavy atom. The summed E-state index contributed by atoms with van der Waals surface area (Å²) >= 11 is 0. The van der Waals surface area contributed by atoms with Crippen LogP contribution in [-0.4, -0.2) is 36.5 Å². The molecule has 0 atom stereocenters. The van der Waals surface area contributed by atoms with Crippen molar-refractivity contribution >= 4 is 26.7 Å². The molecule has 0 saturated carbocycles. The maximum atomic E-state index is 11.6.